The fourth-order valence-electron chi connectivity index (χ4n) is 4.17. The molecule has 210 valence electrons. The standard InChI is InChI=1S/C27H44N2O8/c1-16(2)24(30)34-14-20(7)36-26(32)28-10-9-22-12-23(11-18(22)5)19(6)13-29-27(33)37-21(8)15-35-25(31)17(3)4/h18-23H,1,3,9-15H2,2,4-8H3,(H,28,32)(H,29,33). The Kier molecular flexibility index (Phi) is 13.8. The molecular formula is C27H44N2O8. The molecule has 0 aromatic heterocycles. The minimum absolute atomic E-state index is 0.0265. The number of hydrogen-bond acceptors (Lipinski definition) is 8. The van der Waals surface area contributed by atoms with Gasteiger partial charge in [-0.25, -0.2) is 19.2 Å². The summed E-state index contributed by atoms with van der Waals surface area (Å²) in [5.41, 5.74) is 0.581. The molecule has 0 aromatic rings. The van der Waals surface area contributed by atoms with Gasteiger partial charge in [0, 0.05) is 24.2 Å². The van der Waals surface area contributed by atoms with Crippen LogP contribution >= 0.6 is 0 Å². The Balaban J connectivity index is 2.28. The van der Waals surface area contributed by atoms with E-state index in [1.165, 1.54) is 0 Å². The molecule has 1 aliphatic rings. The van der Waals surface area contributed by atoms with Gasteiger partial charge in [-0.15, -0.1) is 0 Å². The normalized spacial score (nSPS) is 21.1. The minimum Gasteiger partial charge on any atom is -0.458 e. The lowest BCUT2D eigenvalue weighted by Gasteiger charge is -2.21. The zero-order valence-electron chi connectivity index (χ0n) is 23.1. The topological polar surface area (TPSA) is 129 Å². The summed E-state index contributed by atoms with van der Waals surface area (Å²) in [4.78, 5) is 47.0. The Bertz CT molecular complexity index is 827. The molecule has 1 fully saturated rings. The number of amides is 2. The number of alkyl carbamates (subject to hydrolysis) is 2. The molecule has 10 heteroatoms. The molecule has 0 radical (unpaired) electrons. The summed E-state index contributed by atoms with van der Waals surface area (Å²) in [6, 6.07) is 0. The van der Waals surface area contributed by atoms with Crippen LogP contribution in [0.1, 0.15) is 60.8 Å². The molecule has 10 nitrogen and oxygen atoms in total. The SMILES string of the molecule is C=C(C)C(=O)OCC(C)OC(=O)NCCC1CC(C(C)CNC(=O)OC(C)COC(=O)C(=C)C)CC1C. The first kappa shape index (κ1) is 32.0. The molecule has 37 heavy (non-hydrogen) atoms. The van der Waals surface area contributed by atoms with Crippen molar-refractivity contribution in [3.8, 4) is 0 Å². The molecule has 0 heterocycles. The van der Waals surface area contributed by atoms with Crippen LogP contribution in [-0.4, -0.2) is 62.6 Å². The molecule has 1 saturated carbocycles. The summed E-state index contributed by atoms with van der Waals surface area (Å²) in [5.74, 6) is 0.634. The van der Waals surface area contributed by atoms with Crippen molar-refractivity contribution in [1.82, 2.24) is 10.6 Å². The smallest absolute Gasteiger partial charge is 0.407 e. The quantitative estimate of drug-likeness (QED) is 0.197. The number of esters is 2. The fraction of sp³-hybridized carbons (Fsp3) is 0.704. The second-order valence-electron chi connectivity index (χ2n) is 10.2. The van der Waals surface area contributed by atoms with Crippen LogP contribution in [-0.2, 0) is 28.5 Å². The summed E-state index contributed by atoms with van der Waals surface area (Å²) >= 11 is 0. The summed E-state index contributed by atoms with van der Waals surface area (Å²) in [6.07, 6.45) is 0.673. The molecule has 0 aliphatic heterocycles. The van der Waals surface area contributed by atoms with Crippen molar-refractivity contribution in [2.75, 3.05) is 26.3 Å². The first-order chi connectivity index (χ1) is 17.3. The first-order valence-electron chi connectivity index (χ1n) is 12.8. The Morgan fingerprint density at radius 2 is 1.32 bits per heavy atom. The van der Waals surface area contributed by atoms with Gasteiger partial charge in [0.25, 0.3) is 0 Å². The van der Waals surface area contributed by atoms with Crippen molar-refractivity contribution in [2.45, 2.75) is 73.0 Å². The lowest BCUT2D eigenvalue weighted by atomic mass is 9.91. The van der Waals surface area contributed by atoms with Gasteiger partial charge in [-0.1, -0.05) is 27.0 Å². The molecular weight excluding hydrogens is 480 g/mol. The Morgan fingerprint density at radius 3 is 1.81 bits per heavy atom. The van der Waals surface area contributed by atoms with E-state index in [0.717, 1.165) is 19.3 Å². The molecule has 0 saturated heterocycles. The van der Waals surface area contributed by atoms with Crippen molar-refractivity contribution in [2.24, 2.45) is 23.7 Å². The van der Waals surface area contributed by atoms with Gasteiger partial charge in [0.15, 0.2) is 0 Å². The molecule has 2 amide bonds. The summed E-state index contributed by atoms with van der Waals surface area (Å²) in [7, 11) is 0. The summed E-state index contributed by atoms with van der Waals surface area (Å²) in [6.45, 7) is 18.7. The van der Waals surface area contributed by atoms with E-state index in [1.807, 2.05) is 0 Å². The lowest BCUT2D eigenvalue weighted by molar-refractivity contribution is -0.142. The highest BCUT2D eigenvalue weighted by atomic mass is 16.6. The zero-order valence-corrected chi connectivity index (χ0v) is 23.1. The van der Waals surface area contributed by atoms with Gasteiger partial charge in [-0.2, -0.15) is 0 Å². The van der Waals surface area contributed by atoms with Crippen molar-refractivity contribution in [3.05, 3.63) is 24.3 Å². The number of ether oxygens (including phenoxy) is 4. The van der Waals surface area contributed by atoms with Gasteiger partial charge in [0.1, 0.15) is 25.4 Å². The fourth-order valence-corrected chi connectivity index (χ4v) is 4.17. The first-order valence-corrected chi connectivity index (χ1v) is 12.8. The van der Waals surface area contributed by atoms with Crippen LogP contribution < -0.4 is 10.6 Å². The van der Waals surface area contributed by atoms with Gasteiger partial charge < -0.3 is 29.6 Å². The number of carbonyl (C=O) groups is 4. The van der Waals surface area contributed by atoms with E-state index < -0.39 is 36.3 Å². The van der Waals surface area contributed by atoms with Gasteiger partial charge in [0.05, 0.1) is 0 Å². The van der Waals surface area contributed by atoms with E-state index >= 15 is 0 Å². The number of hydrogen-bond donors (Lipinski definition) is 2. The highest BCUT2D eigenvalue weighted by molar-refractivity contribution is 5.87. The second kappa shape index (κ2) is 15.9. The monoisotopic (exact) mass is 524 g/mol. The second-order valence-corrected chi connectivity index (χ2v) is 10.2. The maximum atomic E-state index is 12.1. The zero-order chi connectivity index (χ0) is 28.1. The van der Waals surface area contributed by atoms with Crippen molar-refractivity contribution in [3.63, 3.8) is 0 Å². The van der Waals surface area contributed by atoms with E-state index in [2.05, 4.69) is 37.6 Å². The molecule has 0 spiro atoms. The maximum Gasteiger partial charge on any atom is 0.407 e. The van der Waals surface area contributed by atoms with E-state index in [1.54, 1.807) is 27.7 Å². The largest absolute Gasteiger partial charge is 0.458 e. The van der Waals surface area contributed by atoms with Gasteiger partial charge >= 0.3 is 24.1 Å². The minimum atomic E-state index is -0.567. The van der Waals surface area contributed by atoms with E-state index in [4.69, 9.17) is 18.9 Å². The van der Waals surface area contributed by atoms with Gasteiger partial charge in [-0.05, 0) is 70.6 Å². The van der Waals surface area contributed by atoms with Crippen molar-refractivity contribution >= 4 is 24.1 Å². The molecule has 1 rings (SSSR count). The third kappa shape index (κ3) is 12.7. The van der Waals surface area contributed by atoms with E-state index in [0.29, 0.717) is 42.0 Å². The number of rotatable bonds is 14. The van der Waals surface area contributed by atoms with Crippen LogP contribution in [0.3, 0.4) is 0 Å². The van der Waals surface area contributed by atoms with E-state index in [-0.39, 0.29) is 19.1 Å². The van der Waals surface area contributed by atoms with E-state index in [9.17, 15) is 19.2 Å². The Labute approximate surface area is 220 Å². The molecule has 6 atom stereocenters. The summed E-state index contributed by atoms with van der Waals surface area (Å²) < 4.78 is 20.4. The average molecular weight is 525 g/mol. The highest BCUT2D eigenvalue weighted by Gasteiger charge is 2.34. The highest BCUT2D eigenvalue weighted by Crippen LogP contribution is 2.41. The Hall–Kier alpha value is -3.04. The number of carbonyl (C=O) groups excluding carboxylic acids is 4. The van der Waals surface area contributed by atoms with Crippen molar-refractivity contribution in [1.29, 1.82) is 0 Å². The lowest BCUT2D eigenvalue weighted by Crippen LogP contribution is -2.34. The third-order valence-corrected chi connectivity index (χ3v) is 6.45. The average Bonchev–Trinajstić information content (AvgIpc) is 3.19. The van der Waals surface area contributed by atoms with Crippen LogP contribution in [0, 0.1) is 23.7 Å². The number of nitrogens with one attached hydrogen (secondary N) is 2. The third-order valence-electron chi connectivity index (χ3n) is 6.45. The van der Waals surface area contributed by atoms with Gasteiger partial charge in [-0.3, -0.25) is 0 Å². The van der Waals surface area contributed by atoms with Crippen LogP contribution in [0.25, 0.3) is 0 Å². The molecule has 1 aliphatic carbocycles. The maximum absolute atomic E-state index is 12.1. The van der Waals surface area contributed by atoms with Crippen LogP contribution in [0.15, 0.2) is 24.3 Å². The molecule has 0 aromatic carbocycles. The molecule has 0 bridgehead atoms. The predicted octanol–water partition coefficient (Wildman–Crippen LogP) is 4.14. The van der Waals surface area contributed by atoms with Crippen LogP contribution in [0.5, 0.6) is 0 Å². The van der Waals surface area contributed by atoms with Crippen molar-refractivity contribution < 1.29 is 38.1 Å². The Morgan fingerprint density at radius 1 is 0.838 bits per heavy atom. The summed E-state index contributed by atoms with van der Waals surface area (Å²) in [5, 5.41) is 5.57. The molecule has 2 N–H and O–H groups in total. The van der Waals surface area contributed by atoms with Crippen LogP contribution in [0.4, 0.5) is 9.59 Å². The van der Waals surface area contributed by atoms with Gasteiger partial charge in [0.2, 0.25) is 0 Å². The predicted molar refractivity (Wildman–Crippen MR) is 139 cm³/mol. The van der Waals surface area contributed by atoms with Crippen LogP contribution in [0.2, 0.25) is 0 Å². The molecule has 6 unspecified atom stereocenters.